The Balaban J connectivity index is 1.89. The average molecular weight is 523 g/mol. The Morgan fingerprint density at radius 3 is 2.22 bits per heavy atom. The van der Waals surface area contributed by atoms with Crippen LogP contribution in [-0.2, 0) is 13.1 Å². The molecule has 1 aromatic heterocycles. The zero-order valence-corrected chi connectivity index (χ0v) is 22.6. The van der Waals surface area contributed by atoms with Gasteiger partial charge < -0.3 is 20.2 Å². The van der Waals surface area contributed by atoms with Gasteiger partial charge in [0, 0.05) is 12.8 Å². The minimum atomic E-state index is -1.22. The lowest BCUT2D eigenvalue weighted by Crippen LogP contribution is -2.43. The number of anilines is 1. The summed E-state index contributed by atoms with van der Waals surface area (Å²) in [5.41, 5.74) is 5.94. The first-order valence-corrected chi connectivity index (χ1v) is 14.9. The molecule has 0 spiro atoms. The molecule has 1 heterocycles. The average Bonchev–Trinajstić information content (AvgIpc) is 2.89. The molecular formula is C26H34N6O4Si. The number of nitrogens with zero attached hydrogens (tertiary/aromatic N) is 4. The third-order valence-electron chi connectivity index (χ3n) is 5.31. The second-order valence-electron chi connectivity index (χ2n) is 8.49. The molecule has 3 aromatic rings. The monoisotopic (exact) mass is 522 g/mol. The maximum absolute atomic E-state index is 13.5. The third-order valence-corrected chi connectivity index (χ3v) is 6.06. The first kappa shape index (κ1) is 27.6. The molecular weight excluding hydrogens is 488 g/mol. The summed E-state index contributed by atoms with van der Waals surface area (Å²) in [6.07, 6.45) is 5.98. The molecule has 2 aromatic carbocycles. The van der Waals surface area contributed by atoms with Crippen LogP contribution in [-0.4, -0.2) is 49.7 Å². The van der Waals surface area contributed by atoms with Gasteiger partial charge in [0.2, 0.25) is 15.0 Å². The smallest absolute Gasteiger partial charge is 0.355 e. The highest BCUT2D eigenvalue weighted by Gasteiger charge is 2.14. The Morgan fingerprint density at radius 2 is 1.62 bits per heavy atom. The second kappa shape index (κ2) is 13.9. The van der Waals surface area contributed by atoms with Crippen molar-refractivity contribution in [1.29, 1.82) is 0 Å². The number of hydrogen-bond donors (Lipinski definition) is 2. The van der Waals surface area contributed by atoms with Gasteiger partial charge >= 0.3 is 11.4 Å². The van der Waals surface area contributed by atoms with E-state index in [9.17, 15) is 9.59 Å². The number of ether oxygens (including phenoxy) is 1. The van der Waals surface area contributed by atoms with Gasteiger partial charge in [-0.25, -0.2) is 14.2 Å². The lowest BCUT2D eigenvalue weighted by atomic mass is 10.2. The van der Waals surface area contributed by atoms with Crippen molar-refractivity contribution in [1.82, 2.24) is 14.1 Å². The van der Waals surface area contributed by atoms with E-state index in [1.807, 2.05) is 42.5 Å². The molecule has 0 radical (unpaired) electrons. The minimum Gasteiger partial charge on any atom is -0.547 e. The lowest BCUT2D eigenvalue weighted by Gasteiger charge is -2.16. The number of allylic oxidation sites excluding steroid dienone is 1. The quantitative estimate of drug-likeness (QED) is 0.200. The zero-order valence-electron chi connectivity index (χ0n) is 21.5. The summed E-state index contributed by atoms with van der Waals surface area (Å²) in [5, 5.41) is 3.13. The molecule has 37 heavy (non-hydrogen) atoms. The van der Waals surface area contributed by atoms with Crippen LogP contribution >= 0.6 is 0 Å². The molecule has 11 heteroatoms. The van der Waals surface area contributed by atoms with E-state index in [1.165, 1.54) is 4.57 Å². The molecule has 0 saturated carbocycles. The number of nitrogens with two attached hydrogens (primary N) is 1. The van der Waals surface area contributed by atoms with E-state index in [1.54, 1.807) is 31.5 Å². The molecule has 0 unspecified atom stereocenters. The van der Waals surface area contributed by atoms with Gasteiger partial charge in [0.15, 0.2) is 0 Å². The predicted molar refractivity (Wildman–Crippen MR) is 150 cm³/mol. The number of methoxy groups -OCH3 is 1. The Bertz CT molecular complexity index is 1310. The maximum Gasteiger partial charge on any atom is 0.355 e. The molecule has 0 aliphatic heterocycles. The summed E-state index contributed by atoms with van der Waals surface area (Å²) in [5.74, 6) is 1.73. The SMILES string of the molecule is COc1ccc(Cn2c(=O)nc(NCC/C=C\C=N/CN)n(Cc3ccc(O[SiH](C)C)cc3)c2=O)cc1. The van der Waals surface area contributed by atoms with Crippen LogP contribution in [0.5, 0.6) is 11.5 Å². The van der Waals surface area contributed by atoms with Gasteiger partial charge in [-0.05, 0) is 61.0 Å². The van der Waals surface area contributed by atoms with Crippen LogP contribution in [0.4, 0.5) is 5.95 Å². The Hall–Kier alpha value is -3.96. The van der Waals surface area contributed by atoms with Crippen molar-refractivity contribution < 1.29 is 9.16 Å². The molecule has 10 nitrogen and oxygen atoms in total. The van der Waals surface area contributed by atoms with Crippen molar-refractivity contribution in [2.75, 3.05) is 25.6 Å². The van der Waals surface area contributed by atoms with Crippen molar-refractivity contribution in [3.63, 3.8) is 0 Å². The summed E-state index contributed by atoms with van der Waals surface area (Å²) in [4.78, 5) is 34.5. The van der Waals surface area contributed by atoms with Gasteiger partial charge in [-0.15, -0.1) is 0 Å². The van der Waals surface area contributed by atoms with Crippen molar-refractivity contribution in [2.24, 2.45) is 10.7 Å². The van der Waals surface area contributed by atoms with Crippen LogP contribution in [0, 0.1) is 0 Å². The summed E-state index contributed by atoms with van der Waals surface area (Å²) in [6.45, 7) is 5.26. The third kappa shape index (κ3) is 8.29. The van der Waals surface area contributed by atoms with Gasteiger partial charge in [0.1, 0.15) is 11.5 Å². The topological polar surface area (TPSA) is 126 Å². The summed E-state index contributed by atoms with van der Waals surface area (Å²) in [6, 6.07) is 14.8. The molecule has 0 bridgehead atoms. The fraction of sp³-hybridized carbons (Fsp3) is 0.308. The zero-order chi connectivity index (χ0) is 26.6. The lowest BCUT2D eigenvalue weighted by molar-refractivity contribution is 0.414. The molecule has 0 aliphatic carbocycles. The molecule has 0 aliphatic rings. The molecule has 3 N–H and O–H groups in total. The fourth-order valence-electron chi connectivity index (χ4n) is 3.53. The highest BCUT2D eigenvalue weighted by atomic mass is 28.3. The summed E-state index contributed by atoms with van der Waals surface area (Å²) < 4.78 is 13.7. The molecule has 0 saturated heterocycles. The van der Waals surface area contributed by atoms with E-state index in [-0.39, 0.29) is 25.7 Å². The second-order valence-corrected chi connectivity index (χ2v) is 10.8. The summed E-state index contributed by atoms with van der Waals surface area (Å²) >= 11 is 0. The number of rotatable bonds is 13. The molecule has 0 fully saturated rings. The van der Waals surface area contributed by atoms with Crippen LogP contribution in [0.1, 0.15) is 17.5 Å². The van der Waals surface area contributed by atoms with E-state index in [0.717, 1.165) is 21.4 Å². The van der Waals surface area contributed by atoms with Gasteiger partial charge in [-0.2, -0.15) is 4.98 Å². The summed E-state index contributed by atoms with van der Waals surface area (Å²) in [7, 11) is 0.367. The Kier molecular flexibility index (Phi) is 10.4. The largest absolute Gasteiger partial charge is 0.547 e. The number of benzene rings is 2. The number of aromatic nitrogens is 3. The first-order valence-electron chi connectivity index (χ1n) is 12.1. The van der Waals surface area contributed by atoms with E-state index < -0.39 is 20.4 Å². The highest BCUT2D eigenvalue weighted by molar-refractivity contribution is 6.49. The van der Waals surface area contributed by atoms with E-state index in [2.05, 4.69) is 28.4 Å². The first-order chi connectivity index (χ1) is 17.9. The fourth-order valence-corrected chi connectivity index (χ4v) is 4.23. The van der Waals surface area contributed by atoms with E-state index >= 15 is 0 Å². The van der Waals surface area contributed by atoms with Crippen LogP contribution in [0.15, 0.2) is 75.3 Å². The minimum absolute atomic E-state index is 0.101. The van der Waals surface area contributed by atoms with Gasteiger partial charge in [0.25, 0.3) is 0 Å². The maximum atomic E-state index is 13.5. The number of nitrogens with one attached hydrogen (secondary N) is 1. The van der Waals surface area contributed by atoms with Crippen molar-refractivity contribution in [3.8, 4) is 11.5 Å². The highest BCUT2D eigenvalue weighted by Crippen LogP contribution is 2.15. The number of aliphatic imine (C=N–C) groups is 1. The Morgan fingerprint density at radius 1 is 1.00 bits per heavy atom. The van der Waals surface area contributed by atoms with Crippen LogP contribution in [0.2, 0.25) is 13.1 Å². The van der Waals surface area contributed by atoms with Crippen molar-refractivity contribution in [2.45, 2.75) is 32.6 Å². The van der Waals surface area contributed by atoms with Gasteiger partial charge in [-0.3, -0.25) is 9.56 Å². The van der Waals surface area contributed by atoms with E-state index in [4.69, 9.17) is 14.9 Å². The van der Waals surface area contributed by atoms with Crippen LogP contribution in [0.3, 0.4) is 0 Å². The molecule has 0 amide bonds. The molecule has 196 valence electrons. The van der Waals surface area contributed by atoms with Crippen molar-refractivity contribution >= 4 is 21.2 Å². The molecule has 3 rings (SSSR count). The Labute approximate surface area is 217 Å². The predicted octanol–water partition coefficient (Wildman–Crippen LogP) is 2.22. The number of hydrogen-bond acceptors (Lipinski definition) is 8. The van der Waals surface area contributed by atoms with Crippen LogP contribution < -0.4 is 31.6 Å². The molecule has 0 atom stereocenters. The van der Waals surface area contributed by atoms with E-state index in [0.29, 0.717) is 18.7 Å². The van der Waals surface area contributed by atoms with Crippen molar-refractivity contribution in [3.05, 3.63) is 92.8 Å². The van der Waals surface area contributed by atoms with Gasteiger partial charge in [0.05, 0.1) is 26.9 Å². The standard InChI is InChI=1S/C26H34N6O4Si/c1-35-22-11-7-21(8-12-22)18-32-25(33)30-24(29-16-6-4-5-15-28-19-27)31(26(32)34)17-20-9-13-23(14-10-20)36-37(2)3/h4-5,7-15,37H,6,16-19,27H2,1-3H3,(H,29,30,33)/b5-4-,28-15-. The van der Waals surface area contributed by atoms with Crippen LogP contribution in [0.25, 0.3) is 0 Å². The van der Waals surface area contributed by atoms with Gasteiger partial charge in [-0.1, -0.05) is 30.3 Å². The normalized spacial score (nSPS) is 11.5.